The van der Waals surface area contributed by atoms with Crippen molar-refractivity contribution in [3.63, 3.8) is 0 Å². The minimum Gasteiger partial charge on any atom is -0.475 e. The van der Waals surface area contributed by atoms with Gasteiger partial charge in [0.2, 0.25) is 17.7 Å². The zero-order valence-electron chi connectivity index (χ0n) is 17.5. The molecule has 0 aromatic carbocycles. The molecule has 10 heteroatoms. The van der Waals surface area contributed by atoms with Gasteiger partial charge < -0.3 is 24.2 Å². The second-order valence-corrected chi connectivity index (χ2v) is 6.96. The Kier molecular flexibility index (Phi) is 16.7. The number of likely N-dealkylation sites (N-methyl/N-ethyl adjacent to an activating group) is 2. The molecule has 0 unspecified atom stereocenters. The highest BCUT2D eigenvalue weighted by molar-refractivity contribution is 8.93. The second kappa shape index (κ2) is 15.6. The molecule has 27 heavy (non-hydrogen) atoms. The number of hydrogen-bond acceptors (Lipinski definition) is 8. The van der Waals surface area contributed by atoms with E-state index in [2.05, 4.69) is 38.5 Å². The van der Waals surface area contributed by atoms with E-state index in [4.69, 9.17) is 9.47 Å². The molecule has 160 valence electrons. The van der Waals surface area contributed by atoms with E-state index in [0.717, 1.165) is 31.1 Å². The van der Waals surface area contributed by atoms with Crippen molar-refractivity contribution >= 4 is 51.7 Å². The van der Waals surface area contributed by atoms with Gasteiger partial charge in [0.15, 0.2) is 0 Å². The molecule has 1 aromatic rings. The van der Waals surface area contributed by atoms with E-state index in [9.17, 15) is 0 Å². The predicted molar refractivity (Wildman–Crippen MR) is 126 cm³/mol. The Morgan fingerprint density at radius 1 is 0.815 bits per heavy atom. The second-order valence-electron chi connectivity index (χ2n) is 6.14. The van der Waals surface area contributed by atoms with Crippen LogP contribution in [-0.2, 0) is 0 Å². The van der Waals surface area contributed by atoms with E-state index >= 15 is 0 Å². The minimum absolute atomic E-state index is 0. The Morgan fingerprint density at radius 3 is 1.52 bits per heavy atom. The van der Waals surface area contributed by atoms with Gasteiger partial charge in [0, 0.05) is 26.2 Å². The Bertz CT molecular complexity index is 485. The summed E-state index contributed by atoms with van der Waals surface area (Å²) in [6, 6.07) is 0. The van der Waals surface area contributed by atoms with Gasteiger partial charge in [0.1, 0.15) is 18.1 Å². The number of halogens is 2. The van der Waals surface area contributed by atoms with E-state index in [1.54, 1.807) is 11.8 Å². The van der Waals surface area contributed by atoms with Crippen LogP contribution < -0.4 is 14.4 Å². The molecular weight excluding hydrogens is 498 g/mol. The number of anilines is 1. The minimum atomic E-state index is 0. The lowest BCUT2D eigenvalue weighted by Gasteiger charge is -2.22. The van der Waals surface area contributed by atoms with Crippen LogP contribution in [0, 0.1) is 0 Å². The summed E-state index contributed by atoms with van der Waals surface area (Å²) >= 11 is 1.55. The van der Waals surface area contributed by atoms with Gasteiger partial charge in [-0.05, 0) is 48.3 Å². The van der Waals surface area contributed by atoms with Gasteiger partial charge in [-0.2, -0.15) is 9.97 Å². The molecule has 0 aliphatic rings. The molecule has 0 aliphatic heterocycles. The fraction of sp³-hybridized carbons (Fsp3) is 0.765. The van der Waals surface area contributed by atoms with Crippen LogP contribution in [0.2, 0.25) is 0 Å². The third-order valence-electron chi connectivity index (χ3n) is 3.60. The third-order valence-corrected chi connectivity index (χ3v) is 4.35. The smallest absolute Gasteiger partial charge is 0.236 e. The number of thioether (sulfide) groups is 1. The Labute approximate surface area is 189 Å². The molecule has 0 spiro atoms. The molecule has 0 amide bonds. The summed E-state index contributed by atoms with van der Waals surface area (Å²) in [6.45, 7) is 8.67. The monoisotopic (exact) mass is 531 g/mol. The fourth-order valence-electron chi connectivity index (χ4n) is 2.07. The quantitative estimate of drug-likeness (QED) is 0.381. The van der Waals surface area contributed by atoms with Gasteiger partial charge in [0.05, 0.1) is 0 Å². The molecule has 0 bridgehead atoms. The summed E-state index contributed by atoms with van der Waals surface area (Å²) in [5.41, 5.74) is 0. The maximum atomic E-state index is 5.96. The lowest BCUT2D eigenvalue weighted by molar-refractivity contribution is 0.231. The van der Waals surface area contributed by atoms with Crippen molar-refractivity contribution in [1.29, 1.82) is 0 Å². The van der Waals surface area contributed by atoms with Crippen molar-refractivity contribution in [2.24, 2.45) is 0 Å². The molecule has 1 aromatic heterocycles. The van der Waals surface area contributed by atoms with Crippen LogP contribution in [0.3, 0.4) is 0 Å². The molecule has 0 saturated heterocycles. The van der Waals surface area contributed by atoms with E-state index in [1.165, 1.54) is 0 Å². The van der Waals surface area contributed by atoms with Crippen LogP contribution in [-0.4, -0.2) is 93.6 Å². The first-order chi connectivity index (χ1) is 11.9. The third kappa shape index (κ3) is 10.2. The molecule has 0 fully saturated rings. The van der Waals surface area contributed by atoms with Crippen molar-refractivity contribution < 1.29 is 9.47 Å². The van der Waals surface area contributed by atoms with Crippen LogP contribution in [0.1, 0.15) is 13.8 Å². The molecule has 0 atom stereocenters. The van der Waals surface area contributed by atoms with Crippen molar-refractivity contribution in [2.75, 3.05) is 78.7 Å². The highest BCUT2D eigenvalue weighted by Gasteiger charge is 2.19. The first-order valence-electron chi connectivity index (χ1n) is 8.68. The van der Waals surface area contributed by atoms with Crippen molar-refractivity contribution in [3.8, 4) is 11.8 Å². The summed E-state index contributed by atoms with van der Waals surface area (Å²) in [4.78, 5) is 16.4. The van der Waals surface area contributed by atoms with E-state index in [-0.39, 0.29) is 34.0 Å². The van der Waals surface area contributed by atoms with Gasteiger partial charge >= 0.3 is 0 Å². The highest BCUT2D eigenvalue weighted by Crippen LogP contribution is 2.35. The summed E-state index contributed by atoms with van der Waals surface area (Å²) in [6.07, 6.45) is 1.99. The SMILES string of the molecule is Br.Br.CCN(CC)c1nc(OCCN(C)C)c(SC)c(OCCN(C)C)n1. The highest BCUT2D eigenvalue weighted by atomic mass is 79.9. The average molecular weight is 533 g/mol. The maximum Gasteiger partial charge on any atom is 0.236 e. The van der Waals surface area contributed by atoms with Gasteiger partial charge in [-0.15, -0.1) is 45.7 Å². The van der Waals surface area contributed by atoms with Gasteiger partial charge in [0.25, 0.3) is 0 Å². The van der Waals surface area contributed by atoms with Crippen molar-refractivity contribution in [1.82, 2.24) is 19.8 Å². The van der Waals surface area contributed by atoms with Crippen molar-refractivity contribution in [3.05, 3.63) is 0 Å². The first kappa shape index (κ1) is 28.9. The predicted octanol–water partition coefficient (Wildman–Crippen LogP) is 3.08. The fourth-order valence-corrected chi connectivity index (χ4v) is 2.63. The molecule has 1 heterocycles. The number of rotatable bonds is 12. The molecule has 0 N–H and O–H groups in total. The first-order valence-corrected chi connectivity index (χ1v) is 9.91. The van der Waals surface area contributed by atoms with E-state index in [1.807, 2.05) is 34.4 Å². The molecular formula is C17H35Br2N5O2S. The zero-order chi connectivity index (χ0) is 18.8. The summed E-state index contributed by atoms with van der Waals surface area (Å²) in [5, 5.41) is 0. The Balaban J connectivity index is 0. The van der Waals surface area contributed by atoms with Crippen molar-refractivity contribution in [2.45, 2.75) is 18.7 Å². The largest absolute Gasteiger partial charge is 0.475 e. The van der Waals surface area contributed by atoms with Crippen LogP contribution in [0.5, 0.6) is 11.8 Å². The molecule has 0 aliphatic carbocycles. The van der Waals surface area contributed by atoms with Gasteiger partial charge in [-0.3, -0.25) is 0 Å². The number of hydrogen-bond donors (Lipinski definition) is 0. The molecule has 0 radical (unpaired) electrons. The Morgan fingerprint density at radius 2 is 1.22 bits per heavy atom. The lowest BCUT2D eigenvalue weighted by Crippen LogP contribution is -2.26. The summed E-state index contributed by atoms with van der Waals surface area (Å²) < 4.78 is 11.9. The Hall–Kier alpha value is -0.290. The molecule has 1 rings (SSSR count). The summed E-state index contributed by atoms with van der Waals surface area (Å²) in [5.74, 6) is 1.86. The molecule has 0 saturated carbocycles. The maximum absolute atomic E-state index is 5.96. The van der Waals surface area contributed by atoms with Crippen LogP contribution in [0.4, 0.5) is 5.95 Å². The zero-order valence-corrected chi connectivity index (χ0v) is 21.8. The van der Waals surface area contributed by atoms with Gasteiger partial charge in [-0.25, -0.2) is 0 Å². The topological polar surface area (TPSA) is 54.0 Å². The number of ether oxygens (including phenoxy) is 2. The van der Waals surface area contributed by atoms with Crippen LogP contribution in [0.15, 0.2) is 4.90 Å². The van der Waals surface area contributed by atoms with E-state index in [0.29, 0.717) is 30.9 Å². The normalized spacial score (nSPS) is 10.4. The standard InChI is InChI=1S/C17H33N5O2S.2BrH/c1-8-22(9-2)17-18-15(23-12-10-20(3)4)14(25-7)16(19-17)24-13-11-21(5)6;;/h8-13H2,1-7H3;2*1H. The number of nitrogens with zero attached hydrogens (tertiary/aromatic N) is 5. The average Bonchev–Trinajstić information content (AvgIpc) is 2.55. The van der Waals surface area contributed by atoms with Gasteiger partial charge in [-0.1, -0.05) is 0 Å². The summed E-state index contributed by atoms with van der Waals surface area (Å²) in [7, 11) is 8.09. The van der Waals surface area contributed by atoms with E-state index < -0.39 is 0 Å². The number of aromatic nitrogens is 2. The molecule has 7 nitrogen and oxygen atoms in total. The lowest BCUT2D eigenvalue weighted by atomic mass is 10.5. The van der Waals surface area contributed by atoms with Crippen LogP contribution in [0.25, 0.3) is 0 Å². The van der Waals surface area contributed by atoms with Crippen LogP contribution >= 0.6 is 45.7 Å².